The first kappa shape index (κ1) is 24.9. The zero-order valence-electron chi connectivity index (χ0n) is 20.8. The van der Waals surface area contributed by atoms with Gasteiger partial charge in [-0.25, -0.2) is 4.39 Å². The Balaban J connectivity index is 1.69. The summed E-state index contributed by atoms with van der Waals surface area (Å²) in [4.78, 5) is 26.4. The lowest BCUT2D eigenvalue weighted by Gasteiger charge is -2.61. The van der Waals surface area contributed by atoms with Crippen molar-refractivity contribution >= 4 is 17.4 Å². The van der Waals surface area contributed by atoms with E-state index in [1.807, 2.05) is 6.92 Å². The average Bonchev–Trinajstić information content (AvgIpc) is 3.17. The molecule has 0 spiro atoms. The van der Waals surface area contributed by atoms with Gasteiger partial charge in [0.1, 0.15) is 24.2 Å². The minimum atomic E-state index is -0.700. The van der Waals surface area contributed by atoms with E-state index in [1.54, 1.807) is 24.3 Å². The number of Topliss-reactive ketones (excluding diaryl/α,β-unsaturated/α-hetero) is 1. The summed E-state index contributed by atoms with van der Waals surface area (Å²) < 4.78 is 20.1. The molecule has 3 aliphatic rings. The second-order valence-corrected chi connectivity index (χ2v) is 11.4. The molecule has 0 aromatic heterocycles. The van der Waals surface area contributed by atoms with E-state index in [0.29, 0.717) is 12.8 Å². The molecule has 3 fully saturated rings. The maximum atomic E-state index is 14.0. The van der Waals surface area contributed by atoms with Gasteiger partial charge in [0.15, 0.2) is 0 Å². The smallest absolute Gasteiger partial charge is 0.325 e. The zero-order chi connectivity index (χ0) is 24.9. The van der Waals surface area contributed by atoms with Crippen molar-refractivity contribution in [3.8, 4) is 0 Å². The normalized spacial score (nSPS) is 41.7. The molecule has 3 aliphatic carbocycles. The van der Waals surface area contributed by atoms with Crippen molar-refractivity contribution in [2.24, 2.45) is 34.0 Å². The van der Waals surface area contributed by atoms with E-state index in [9.17, 15) is 19.1 Å². The monoisotopic (exact) mass is 471 g/mol. The summed E-state index contributed by atoms with van der Waals surface area (Å²) in [6, 6.07) is 6.18. The van der Waals surface area contributed by atoms with Gasteiger partial charge in [0, 0.05) is 23.2 Å². The lowest BCUT2D eigenvalue weighted by atomic mass is 9.44. The first-order valence-electron chi connectivity index (χ1n) is 12.5. The lowest BCUT2D eigenvalue weighted by molar-refractivity contribution is -0.205. The Morgan fingerprint density at radius 2 is 2.00 bits per heavy atom. The summed E-state index contributed by atoms with van der Waals surface area (Å²) in [7, 11) is 0. The van der Waals surface area contributed by atoms with Gasteiger partial charge in [0.05, 0.1) is 11.8 Å². The molecule has 6 heteroatoms. The van der Waals surface area contributed by atoms with E-state index in [4.69, 9.17) is 4.74 Å². The Kier molecular flexibility index (Phi) is 6.43. The fourth-order valence-corrected chi connectivity index (χ4v) is 7.47. The largest absolute Gasteiger partial charge is 0.460 e. The summed E-state index contributed by atoms with van der Waals surface area (Å²) in [6.07, 6.45) is 3.97. The predicted molar refractivity (Wildman–Crippen MR) is 130 cm³/mol. The van der Waals surface area contributed by atoms with Crippen molar-refractivity contribution in [1.29, 1.82) is 0 Å². The molecule has 0 radical (unpaired) electrons. The van der Waals surface area contributed by atoms with Crippen LogP contribution in [0.4, 0.5) is 10.1 Å². The molecule has 0 saturated heterocycles. The highest BCUT2D eigenvalue weighted by Crippen LogP contribution is 2.67. The number of para-hydroxylation sites is 1. The van der Waals surface area contributed by atoms with Crippen molar-refractivity contribution in [2.75, 3.05) is 11.9 Å². The van der Waals surface area contributed by atoms with Gasteiger partial charge in [-0.1, -0.05) is 45.9 Å². The average molecular weight is 472 g/mol. The van der Waals surface area contributed by atoms with E-state index in [2.05, 4.69) is 32.7 Å². The molecule has 0 amide bonds. The molecular weight excluding hydrogens is 433 g/mol. The van der Waals surface area contributed by atoms with Crippen molar-refractivity contribution in [3.05, 3.63) is 42.7 Å². The minimum Gasteiger partial charge on any atom is -0.460 e. The first-order chi connectivity index (χ1) is 16.0. The van der Waals surface area contributed by atoms with Crippen LogP contribution in [0.1, 0.15) is 59.8 Å². The number of hydrogen-bond donors (Lipinski definition) is 2. The quantitative estimate of drug-likeness (QED) is 0.459. The molecule has 0 aliphatic heterocycles. The van der Waals surface area contributed by atoms with Gasteiger partial charge in [0.25, 0.3) is 0 Å². The molecule has 8 atom stereocenters. The number of rotatable bonds is 5. The van der Waals surface area contributed by atoms with Crippen LogP contribution in [-0.4, -0.2) is 35.6 Å². The van der Waals surface area contributed by atoms with Crippen LogP contribution in [0.2, 0.25) is 0 Å². The Morgan fingerprint density at radius 1 is 1.29 bits per heavy atom. The van der Waals surface area contributed by atoms with E-state index in [1.165, 1.54) is 6.07 Å². The van der Waals surface area contributed by atoms with Crippen LogP contribution in [-0.2, 0) is 14.3 Å². The second kappa shape index (κ2) is 8.78. The summed E-state index contributed by atoms with van der Waals surface area (Å²) in [5, 5.41) is 14.4. The number of carbonyl (C=O) groups excluding carboxylic acids is 2. The van der Waals surface area contributed by atoms with Gasteiger partial charge < -0.3 is 15.2 Å². The molecule has 34 heavy (non-hydrogen) atoms. The molecule has 1 aromatic rings. The van der Waals surface area contributed by atoms with Crippen LogP contribution in [0.25, 0.3) is 0 Å². The molecule has 1 aromatic carbocycles. The van der Waals surface area contributed by atoms with Gasteiger partial charge in [-0.3, -0.25) is 9.59 Å². The summed E-state index contributed by atoms with van der Waals surface area (Å²) in [6.45, 7) is 12.2. The number of aliphatic hydroxyl groups is 1. The lowest BCUT2D eigenvalue weighted by Crippen LogP contribution is -2.63. The van der Waals surface area contributed by atoms with E-state index in [0.717, 1.165) is 19.3 Å². The first-order valence-corrected chi connectivity index (χ1v) is 12.5. The Labute approximate surface area is 202 Å². The Bertz CT molecular complexity index is 981. The molecule has 3 saturated carbocycles. The minimum absolute atomic E-state index is 0.0712. The van der Waals surface area contributed by atoms with Crippen LogP contribution < -0.4 is 5.32 Å². The van der Waals surface area contributed by atoms with Gasteiger partial charge in [0.2, 0.25) is 0 Å². The third-order valence-corrected chi connectivity index (χ3v) is 9.87. The standard InChI is InChI=1S/C28H38FNO4/c1-6-26(4)15-22(34-23(32)16-30-20-10-8-7-9-19(20)29)27(5)17(2)11-13-28(18(3)25(26)33)14-12-21(31)24(27)28/h6-10,17-18,22,24-25,30,33H,1,11-16H2,2-5H3/t17-,18+,22-,24+,25+,26-,27+,28+/m1/s1. The fourth-order valence-electron chi connectivity index (χ4n) is 7.47. The van der Waals surface area contributed by atoms with Gasteiger partial charge >= 0.3 is 5.97 Å². The molecule has 5 nitrogen and oxygen atoms in total. The number of esters is 1. The zero-order valence-corrected chi connectivity index (χ0v) is 20.8. The van der Waals surface area contributed by atoms with Crippen LogP contribution >= 0.6 is 0 Å². The Morgan fingerprint density at radius 3 is 2.68 bits per heavy atom. The van der Waals surface area contributed by atoms with E-state index >= 15 is 0 Å². The number of nitrogens with one attached hydrogen (secondary N) is 1. The van der Waals surface area contributed by atoms with Gasteiger partial charge in [-0.15, -0.1) is 6.58 Å². The molecule has 2 N–H and O–H groups in total. The number of benzene rings is 1. The highest BCUT2D eigenvalue weighted by molar-refractivity contribution is 5.86. The molecule has 4 rings (SSSR count). The number of aliphatic hydroxyl groups excluding tert-OH is 1. The van der Waals surface area contributed by atoms with Gasteiger partial charge in [-0.05, 0) is 55.1 Å². The number of hydrogen-bond acceptors (Lipinski definition) is 5. The van der Waals surface area contributed by atoms with Crippen LogP contribution in [0, 0.1) is 39.8 Å². The summed E-state index contributed by atoms with van der Waals surface area (Å²) in [5.41, 5.74) is -1.30. The number of halogens is 1. The molecule has 186 valence electrons. The van der Waals surface area contributed by atoms with Crippen molar-refractivity contribution in [1.82, 2.24) is 0 Å². The number of ketones is 1. The summed E-state index contributed by atoms with van der Waals surface area (Å²) in [5.74, 6) is -0.884. The van der Waals surface area contributed by atoms with Crippen LogP contribution in [0.15, 0.2) is 36.9 Å². The maximum Gasteiger partial charge on any atom is 0.325 e. The molecule has 2 bridgehead atoms. The third kappa shape index (κ3) is 3.69. The van der Waals surface area contributed by atoms with E-state index in [-0.39, 0.29) is 41.2 Å². The Hall–Kier alpha value is -2.21. The fraction of sp³-hybridized carbons (Fsp3) is 0.643. The van der Waals surface area contributed by atoms with Crippen molar-refractivity contribution < 1.29 is 23.8 Å². The second-order valence-electron chi connectivity index (χ2n) is 11.4. The SMILES string of the molecule is C=C[C@]1(C)C[C@@H](OC(=O)CNc2ccccc2F)[C@]2(C)[C@H](C)CC[C@]3(CCC(=O)[C@H]32)[C@@H](C)[C@@H]1O. The number of ether oxygens (including phenoxy) is 1. The van der Waals surface area contributed by atoms with Crippen molar-refractivity contribution in [3.63, 3.8) is 0 Å². The number of carbonyl (C=O) groups is 2. The number of anilines is 1. The highest BCUT2D eigenvalue weighted by Gasteiger charge is 2.68. The van der Waals surface area contributed by atoms with Crippen LogP contribution in [0.3, 0.4) is 0 Å². The summed E-state index contributed by atoms with van der Waals surface area (Å²) >= 11 is 0. The van der Waals surface area contributed by atoms with Crippen molar-refractivity contribution in [2.45, 2.75) is 72.0 Å². The predicted octanol–water partition coefficient (Wildman–Crippen LogP) is 5.14. The third-order valence-electron chi connectivity index (χ3n) is 9.87. The molecule has 0 unspecified atom stereocenters. The molecule has 0 heterocycles. The van der Waals surface area contributed by atoms with Gasteiger partial charge in [-0.2, -0.15) is 0 Å². The molecular formula is C28H38FNO4. The topological polar surface area (TPSA) is 75.6 Å². The highest BCUT2D eigenvalue weighted by atomic mass is 19.1. The maximum absolute atomic E-state index is 14.0. The van der Waals surface area contributed by atoms with Crippen LogP contribution in [0.5, 0.6) is 0 Å². The van der Waals surface area contributed by atoms with E-state index < -0.39 is 34.8 Å².